The van der Waals surface area contributed by atoms with Gasteiger partial charge in [0.25, 0.3) is 0 Å². The van der Waals surface area contributed by atoms with Crippen molar-refractivity contribution in [1.82, 2.24) is 19.5 Å². The van der Waals surface area contributed by atoms with Gasteiger partial charge in [0.05, 0.1) is 17.0 Å². The normalized spacial score (nSPS) is 15.7. The lowest BCUT2D eigenvalue weighted by Crippen LogP contribution is -2.20. The first-order valence-electron chi connectivity index (χ1n) is 19.0. The van der Waals surface area contributed by atoms with E-state index in [-0.39, 0.29) is 12.0 Å². The Hall–Kier alpha value is -7.37. The summed E-state index contributed by atoms with van der Waals surface area (Å²) >= 11 is 0. The van der Waals surface area contributed by atoms with Gasteiger partial charge in [-0.15, -0.1) is 0 Å². The van der Waals surface area contributed by atoms with Gasteiger partial charge in [-0.3, -0.25) is 0 Å². The lowest BCUT2D eigenvalue weighted by molar-refractivity contribution is 0.271. The molecule has 9 aromatic rings. The summed E-state index contributed by atoms with van der Waals surface area (Å²) in [6, 6.07) is 61.6. The van der Waals surface area contributed by atoms with Crippen molar-refractivity contribution < 1.29 is 4.74 Å². The van der Waals surface area contributed by atoms with Gasteiger partial charge >= 0.3 is 0 Å². The summed E-state index contributed by atoms with van der Waals surface area (Å²) in [6.07, 6.45) is 6.16. The Morgan fingerprint density at radius 2 is 1.07 bits per heavy atom. The van der Waals surface area contributed by atoms with Crippen LogP contribution in [0.1, 0.15) is 17.3 Å². The third-order valence-corrected chi connectivity index (χ3v) is 11.1. The number of aromatic nitrogens is 4. The van der Waals surface area contributed by atoms with E-state index < -0.39 is 0 Å². The van der Waals surface area contributed by atoms with Gasteiger partial charge in [0.1, 0.15) is 11.9 Å². The van der Waals surface area contributed by atoms with E-state index >= 15 is 0 Å². The Bertz CT molecular complexity index is 2990. The van der Waals surface area contributed by atoms with Gasteiger partial charge in [-0.1, -0.05) is 164 Å². The fourth-order valence-electron chi connectivity index (χ4n) is 8.44. The van der Waals surface area contributed by atoms with Crippen molar-refractivity contribution in [3.8, 4) is 56.5 Å². The van der Waals surface area contributed by atoms with E-state index in [1.165, 1.54) is 27.5 Å². The molecular formula is C51H34N4O. The molecule has 7 aromatic carbocycles. The highest BCUT2D eigenvalue weighted by Crippen LogP contribution is 2.49. The van der Waals surface area contributed by atoms with Crippen molar-refractivity contribution in [3.63, 3.8) is 0 Å². The SMILES string of the molecule is C1=CC2Oc3cc(-n4c5ccccc5c5c(-c6ccccc6)cccc54)ccc3C2C(c2nc(-c3ccccc3)nc(-c3ccc(-c4ccccc4)cc3)n2)=C1. The van der Waals surface area contributed by atoms with Crippen LogP contribution >= 0.6 is 0 Å². The monoisotopic (exact) mass is 718 g/mol. The van der Waals surface area contributed by atoms with Crippen LogP contribution in [0.4, 0.5) is 0 Å². The van der Waals surface area contributed by atoms with Gasteiger partial charge in [-0.2, -0.15) is 0 Å². The zero-order chi connectivity index (χ0) is 37.0. The highest BCUT2D eigenvalue weighted by molar-refractivity contribution is 6.15. The number of rotatable bonds is 6. The zero-order valence-corrected chi connectivity index (χ0v) is 30.3. The Labute approximate surface area is 324 Å². The number of allylic oxidation sites excluding steroid dienone is 2. The maximum Gasteiger partial charge on any atom is 0.164 e. The number of hydrogen-bond donors (Lipinski definition) is 0. The number of para-hydroxylation sites is 1. The third kappa shape index (κ3) is 5.36. The molecule has 1 aliphatic carbocycles. The Kier molecular flexibility index (Phi) is 7.56. The molecule has 0 spiro atoms. The average molecular weight is 719 g/mol. The van der Waals surface area contributed by atoms with E-state index in [9.17, 15) is 0 Å². The zero-order valence-electron chi connectivity index (χ0n) is 30.3. The highest BCUT2D eigenvalue weighted by Gasteiger charge is 2.39. The van der Waals surface area contributed by atoms with Gasteiger partial charge in [0, 0.05) is 44.8 Å². The quantitative estimate of drug-likeness (QED) is 0.172. The molecule has 0 amide bonds. The molecule has 1 aliphatic heterocycles. The van der Waals surface area contributed by atoms with Gasteiger partial charge in [0.15, 0.2) is 17.5 Å². The van der Waals surface area contributed by atoms with Crippen LogP contribution in [0.25, 0.3) is 78.1 Å². The smallest absolute Gasteiger partial charge is 0.164 e. The number of ether oxygens (including phenoxy) is 1. The van der Waals surface area contributed by atoms with E-state index in [0.29, 0.717) is 17.5 Å². The summed E-state index contributed by atoms with van der Waals surface area (Å²) in [6.45, 7) is 0. The summed E-state index contributed by atoms with van der Waals surface area (Å²) in [5.74, 6) is 2.72. The summed E-state index contributed by atoms with van der Waals surface area (Å²) < 4.78 is 9.16. The van der Waals surface area contributed by atoms with Crippen LogP contribution in [-0.2, 0) is 0 Å². The van der Waals surface area contributed by atoms with Crippen molar-refractivity contribution in [1.29, 1.82) is 0 Å². The van der Waals surface area contributed by atoms with Crippen molar-refractivity contribution in [2.75, 3.05) is 0 Å². The fourth-order valence-corrected chi connectivity index (χ4v) is 8.44. The minimum Gasteiger partial charge on any atom is -0.485 e. The first-order chi connectivity index (χ1) is 27.8. The molecule has 5 nitrogen and oxygen atoms in total. The van der Waals surface area contributed by atoms with Crippen LogP contribution < -0.4 is 4.74 Å². The molecule has 0 N–H and O–H groups in total. The molecule has 0 bridgehead atoms. The van der Waals surface area contributed by atoms with Crippen LogP contribution in [-0.4, -0.2) is 25.6 Å². The van der Waals surface area contributed by atoms with Crippen LogP contribution in [0.2, 0.25) is 0 Å². The number of nitrogens with zero attached hydrogens (tertiary/aromatic N) is 4. The molecule has 56 heavy (non-hydrogen) atoms. The van der Waals surface area contributed by atoms with Crippen molar-refractivity contribution in [2.24, 2.45) is 0 Å². The molecule has 0 fully saturated rings. The average Bonchev–Trinajstić information content (AvgIpc) is 3.83. The van der Waals surface area contributed by atoms with Gasteiger partial charge in [-0.25, -0.2) is 15.0 Å². The summed E-state index contributed by atoms with van der Waals surface area (Å²) in [7, 11) is 0. The Morgan fingerprint density at radius 3 is 1.82 bits per heavy atom. The molecule has 5 heteroatoms. The van der Waals surface area contributed by atoms with E-state index in [1.807, 2.05) is 36.4 Å². The molecule has 0 radical (unpaired) electrons. The van der Waals surface area contributed by atoms with Gasteiger partial charge < -0.3 is 9.30 Å². The first-order valence-corrected chi connectivity index (χ1v) is 19.0. The number of fused-ring (bicyclic) bond motifs is 6. The molecule has 0 saturated heterocycles. The second-order valence-electron chi connectivity index (χ2n) is 14.3. The molecule has 264 valence electrons. The van der Waals surface area contributed by atoms with E-state index in [4.69, 9.17) is 19.7 Å². The van der Waals surface area contributed by atoms with E-state index in [1.54, 1.807) is 0 Å². The molecule has 2 atom stereocenters. The van der Waals surface area contributed by atoms with E-state index in [2.05, 4.69) is 162 Å². The van der Waals surface area contributed by atoms with E-state index in [0.717, 1.165) is 50.3 Å². The molecule has 3 heterocycles. The molecule has 0 saturated carbocycles. The maximum atomic E-state index is 6.79. The predicted molar refractivity (Wildman–Crippen MR) is 227 cm³/mol. The molecule has 2 aliphatic rings. The van der Waals surface area contributed by atoms with Crippen molar-refractivity contribution in [3.05, 3.63) is 206 Å². The second-order valence-corrected chi connectivity index (χ2v) is 14.3. The Balaban J connectivity index is 1.01. The largest absolute Gasteiger partial charge is 0.485 e. The summed E-state index contributed by atoms with van der Waals surface area (Å²) in [4.78, 5) is 15.3. The van der Waals surface area contributed by atoms with Crippen molar-refractivity contribution in [2.45, 2.75) is 12.0 Å². The highest BCUT2D eigenvalue weighted by atomic mass is 16.5. The van der Waals surface area contributed by atoms with Crippen molar-refractivity contribution >= 4 is 27.4 Å². The lowest BCUT2D eigenvalue weighted by Gasteiger charge is -2.22. The summed E-state index contributed by atoms with van der Waals surface area (Å²) in [5.41, 5.74) is 12.1. The number of benzene rings is 7. The molecule has 2 unspecified atom stereocenters. The van der Waals surface area contributed by atoms with Crippen LogP contribution in [0.15, 0.2) is 194 Å². The standard InChI is InChI=1S/C51H34N4O/c1-4-14-33(15-5-1)34-26-28-37(29-27-34)50-52-49(36-18-8-3-9-19-36)53-51(54-50)42-22-13-25-45-48(42)41-31-30-38(32-46(41)56-45)55-43-23-11-10-20-40(43)47-39(21-12-24-44(47)55)35-16-6-2-7-17-35/h1-32,45,48H. The number of hydrogen-bond acceptors (Lipinski definition) is 4. The maximum absolute atomic E-state index is 6.79. The summed E-state index contributed by atoms with van der Waals surface area (Å²) in [5, 5.41) is 2.46. The van der Waals surface area contributed by atoms with Gasteiger partial charge in [0.2, 0.25) is 0 Å². The topological polar surface area (TPSA) is 52.8 Å². The first kappa shape index (κ1) is 32.1. The Morgan fingerprint density at radius 1 is 0.482 bits per heavy atom. The molecule has 11 rings (SSSR count). The predicted octanol–water partition coefficient (Wildman–Crippen LogP) is 12.1. The fraction of sp³-hybridized carbons (Fsp3) is 0.0392. The lowest BCUT2D eigenvalue weighted by atomic mass is 9.84. The second kappa shape index (κ2) is 13.2. The van der Waals surface area contributed by atoms with Crippen LogP contribution in [0, 0.1) is 0 Å². The van der Waals surface area contributed by atoms with Crippen LogP contribution in [0.5, 0.6) is 5.75 Å². The van der Waals surface area contributed by atoms with Gasteiger partial charge in [-0.05, 0) is 46.5 Å². The third-order valence-electron chi connectivity index (χ3n) is 11.1. The minimum absolute atomic E-state index is 0.0776. The van der Waals surface area contributed by atoms with Crippen LogP contribution in [0.3, 0.4) is 0 Å². The molecule has 2 aromatic heterocycles. The minimum atomic E-state index is -0.186. The molecular weight excluding hydrogens is 685 g/mol.